The van der Waals surface area contributed by atoms with Gasteiger partial charge < -0.3 is 5.32 Å². The van der Waals surface area contributed by atoms with Gasteiger partial charge in [0.25, 0.3) is 11.9 Å². The summed E-state index contributed by atoms with van der Waals surface area (Å²) in [5, 5.41) is 6.59. The van der Waals surface area contributed by atoms with E-state index in [0.717, 1.165) is 12.3 Å². The zero-order valence-electron chi connectivity index (χ0n) is 15.9. The maximum atomic E-state index is 13.2. The largest absolute Gasteiger partial charge is 0.416 e. The second-order valence-electron chi connectivity index (χ2n) is 6.41. The molecule has 1 N–H and O–H groups in total. The topological polar surface area (TPSA) is 120 Å². The normalized spacial score (nSPS) is 13.1. The maximum Gasteiger partial charge on any atom is 0.416 e. The monoisotopic (exact) mass is 518 g/mol. The lowest BCUT2D eigenvalue weighted by Crippen LogP contribution is -2.29. The van der Waals surface area contributed by atoms with Crippen LogP contribution < -0.4 is 5.32 Å². The van der Waals surface area contributed by atoms with Gasteiger partial charge in [0.1, 0.15) is 0 Å². The minimum atomic E-state index is -4.84. The molecular formula is C17H14BrF3N6O3S. The Morgan fingerprint density at radius 1 is 1.19 bits per heavy atom. The van der Waals surface area contributed by atoms with E-state index < -0.39 is 44.0 Å². The summed E-state index contributed by atoms with van der Waals surface area (Å²) in [6.07, 6.45) is -1.13. The van der Waals surface area contributed by atoms with Crippen molar-refractivity contribution in [2.24, 2.45) is 0 Å². The van der Waals surface area contributed by atoms with Gasteiger partial charge in [0.2, 0.25) is 4.73 Å². The van der Waals surface area contributed by atoms with Crippen molar-refractivity contribution >= 4 is 31.7 Å². The van der Waals surface area contributed by atoms with E-state index in [1.54, 1.807) is 6.07 Å². The lowest BCUT2D eigenvalue weighted by molar-refractivity contribution is -0.137. The number of benzene rings is 1. The van der Waals surface area contributed by atoms with E-state index in [4.69, 9.17) is 0 Å². The number of hydrogen-bond donors (Lipinski definition) is 1. The van der Waals surface area contributed by atoms with Crippen LogP contribution >= 0.6 is 15.9 Å². The molecular weight excluding hydrogens is 505 g/mol. The molecule has 31 heavy (non-hydrogen) atoms. The van der Waals surface area contributed by atoms with Crippen molar-refractivity contribution in [3.8, 4) is 5.95 Å². The van der Waals surface area contributed by atoms with Crippen molar-refractivity contribution in [3.05, 3.63) is 58.3 Å². The molecule has 0 spiro atoms. The van der Waals surface area contributed by atoms with Gasteiger partial charge in [-0.25, -0.2) is 23.4 Å². The lowest BCUT2D eigenvalue weighted by Gasteiger charge is -2.15. The first-order valence-electron chi connectivity index (χ1n) is 8.49. The molecule has 1 aromatic carbocycles. The summed E-state index contributed by atoms with van der Waals surface area (Å²) in [5.74, 6) is -0.569. The van der Waals surface area contributed by atoms with Crippen LogP contribution in [0.1, 0.15) is 34.7 Å². The third-order valence-electron chi connectivity index (χ3n) is 4.01. The minimum Gasteiger partial charge on any atom is -0.342 e. The van der Waals surface area contributed by atoms with Crippen LogP contribution in [0.2, 0.25) is 0 Å². The zero-order chi connectivity index (χ0) is 23.0. The second kappa shape index (κ2) is 8.34. The van der Waals surface area contributed by atoms with E-state index in [1.165, 1.54) is 24.0 Å². The molecule has 0 fully saturated rings. The highest BCUT2D eigenvalue weighted by Gasteiger charge is 2.33. The molecule has 1 amide bonds. The molecule has 14 heteroatoms. The Morgan fingerprint density at radius 3 is 2.42 bits per heavy atom. The van der Waals surface area contributed by atoms with Gasteiger partial charge in [0.05, 0.1) is 16.5 Å². The van der Waals surface area contributed by atoms with Crippen molar-refractivity contribution in [2.45, 2.75) is 24.0 Å². The Balaban J connectivity index is 1.96. The summed E-state index contributed by atoms with van der Waals surface area (Å²) >= 11 is 3.12. The molecule has 3 rings (SSSR count). The highest BCUT2D eigenvalue weighted by atomic mass is 79.9. The van der Waals surface area contributed by atoms with Gasteiger partial charge in [-0.05, 0) is 47.1 Å². The van der Waals surface area contributed by atoms with Crippen LogP contribution in [0.25, 0.3) is 5.95 Å². The quantitative estimate of drug-likeness (QED) is 0.551. The van der Waals surface area contributed by atoms with Crippen LogP contribution in [-0.2, 0) is 16.0 Å². The molecule has 0 aliphatic heterocycles. The van der Waals surface area contributed by atoms with Crippen LogP contribution in [-0.4, -0.2) is 45.3 Å². The molecule has 2 aromatic heterocycles. The second-order valence-corrected chi connectivity index (χ2v) is 9.14. The Bertz CT molecular complexity index is 1230. The fourth-order valence-electron chi connectivity index (χ4n) is 2.58. The molecule has 164 valence electrons. The van der Waals surface area contributed by atoms with Crippen molar-refractivity contribution in [1.82, 2.24) is 30.0 Å². The van der Waals surface area contributed by atoms with Crippen molar-refractivity contribution < 1.29 is 26.4 Å². The van der Waals surface area contributed by atoms with E-state index in [0.29, 0.717) is 12.1 Å². The fraction of sp³-hybridized carbons (Fsp3) is 0.235. The van der Waals surface area contributed by atoms with E-state index in [-0.39, 0.29) is 16.5 Å². The number of sulfone groups is 1. The average Bonchev–Trinajstić information content (AvgIpc) is 3.09. The molecule has 9 nitrogen and oxygen atoms in total. The van der Waals surface area contributed by atoms with Crippen LogP contribution in [0.5, 0.6) is 0 Å². The highest BCUT2D eigenvalue weighted by Crippen LogP contribution is 2.32. The van der Waals surface area contributed by atoms with Gasteiger partial charge in [-0.3, -0.25) is 4.79 Å². The third kappa shape index (κ3) is 5.25. The van der Waals surface area contributed by atoms with Gasteiger partial charge in [-0.2, -0.15) is 17.9 Å². The first-order chi connectivity index (χ1) is 14.4. The molecule has 0 bridgehead atoms. The van der Waals surface area contributed by atoms with Crippen LogP contribution in [0.4, 0.5) is 13.2 Å². The summed E-state index contributed by atoms with van der Waals surface area (Å²) in [7, 11) is -3.99. The maximum absolute atomic E-state index is 13.2. The summed E-state index contributed by atoms with van der Waals surface area (Å²) in [5.41, 5.74) is -1.72. The molecule has 0 radical (unpaired) electrons. The minimum absolute atomic E-state index is 0.162. The molecule has 2 heterocycles. The van der Waals surface area contributed by atoms with Gasteiger partial charge in [0, 0.05) is 24.2 Å². The van der Waals surface area contributed by atoms with Crippen LogP contribution in [0.3, 0.4) is 0 Å². The Kier molecular flexibility index (Phi) is 6.14. The van der Waals surface area contributed by atoms with Gasteiger partial charge in [-0.1, -0.05) is 0 Å². The highest BCUT2D eigenvalue weighted by molar-refractivity contribution is 9.10. The Morgan fingerprint density at radius 2 is 1.84 bits per heavy atom. The number of nitrogens with zero attached hydrogens (tertiary/aromatic N) is 5. The standard InChI is InChI=1S/C17H14BrF3N6O3S/c1-9(13-25-15(18)26-27(13)16-22-4-3-5-23-16)24-14(28)10-6-11(17(19,20)21)8-12(7-10)31(2,29)30/h3-9H,1-2H3,(H,24,28). The van der Waals surface area contributed by atoms with E-state index >= 15 is 0 Å². The predicted molar refractivity (Wildman–Crippen MR) is 105 cm³/mol. The number of alkyl halides is 3. The lowest BCUT2D eigenvalue weighted by atomic mass is 10.1. The number of aromatic nitrogens is 5. The zero-order valence-corrected chi connectivity index (χ0v) is 18.3. The summed E-state index contributed by atoms with van der Waals surface area (Å²) in [6, 6.07) is 2.69. The fourth-order valence-corrected chi connectivity index (χ4v) is 3.60. The molecule has 0 aliphatic carbocycles. The summed E-state index contributed by atoms with van der Waals surface area (Å²) in [4.78, 5) is 24.3. The molecule has 1 atom stereocenters. The summed E-state index contributed by atoms with van der Waals surface area (Å²) in [6.45, 7) is 1.53. The van der Waals surface area contributed by atoms with Crippen molar-refractivity contribution in [1.29, 1.82) is 0 Å². The molecule has 0 aliphatic rings. The molecule has 1 unspecified atom stereocenters. The number of nitrogens with one attached hydrogen (secondary N) is 1. The van der Waals surface area contributed by atoms with Gasteiger partial charge >= 0.3 is 6.18 Å². The predicted octanol–water partition coefficient (Wildman–Crippen LogP) is 2.73. The first kappa shape index (κ1) is 22.8. The first-order valence-corrected chi connectivity index (χ1v) is 11.2. The molecule has 0 saturated carbocycles. The van der Waals surface area contributed by atoms with Crippen LogP contribution in [0, 0.1) is 0 Å². The van der Waals surface area contributed by atoms with Crippen molar-refractivity contribution in [2.75, 3.05) is 6.26 Å². The number of hydrogen-bond acceptors (Lipinski definition) is 7. The summed E-state index contributed by atoms with van der Waals surface area (Å²) < 4.78 is 64.6. The van der Waals surface area contributed by atoms with Gasteiger partial charge in [0.15, 0.2) is 15.7 Å². The number of halogens is 4. The molecule has 0 saturated heterocycles. The van der Waals surface area contributed by atoms with Crippen molar-refractivity contribution in [3.63, 3.8) is 0 Å². The number of carbonyl (C=O) groups excluding carboxylic acids is 1. The van der Waals surface area contributed by atoms with E-state index in [2.05, 4.69) is 41.3 Å². The third-order valence-corrected chi connectivity index (χ3v) is 5.43. The molecule has 3 aromatic rings. The van der Waals surface area contributed by atoms with E-state index in [9.17, 15) is 26.4 Å². The Labute approximate surface area is 182 Å². The van der Waals surface area contributed by atoms with E-state index in [1.807, 2.05) is 0 Å². The number of rotatable bonds is 5. The van der Waals surface area contributed by atoms with Gasteiger partial charge in [-0.15, -0.1) is 5.10 Å². The Hall–Kier alpha value is -2.87. The van der Waals surface area contributed by atoms with Crippen LogP contribution in [0.15, 0.2) is 46.3 Å². The SMILES string of the molecule is CC(NC(=O)c1cc(C(F)(F)F)cc(S(C)(=O)=O)c1)c1nc(Br)nn1-c1ncccn1. The smallest absolute Gasteiger partial charge is 0.342 e. The number of carbonyl (C=O) groups is 1. The average molecular weight is 519 g/mol. The number of amides is 1.